The predicted octanol–water partition coefficient (Wildman–Crippen LogP) is -0.474. The van der Waals surface area contributed by atoms with Crippen LogP contribution in [0.25, 0.3) is 11.2 Å². The second-order valence-electron chi connectivity index (χ2n) is 2.09. The molecule has 6 heteroatoms. The van der Waals surface area contributed by atoms with E-state index in [1.807, 2.05) is 0 Å². The van der Waals surface area contributed by atoms with Crippen molar-refractivity contribution in [2.45, 2.75) is 0 Å². The van der Waals surface area contributed by atoms with E-state index in [9.17, 15) is 4.79 Å². The summed E-state index contributed by atoms with van der Waals surface area (Å²) in [5, 5.41) is 0. The highest BCUT2D eigenvalue weighted by Crippen LogP contribution is 2.03. The third-order valence-corrected chi connectivity index (χ3v) is 1.42. The average molecular weight is 163 g/mol. The fourth-order valence-corrected chi connectivity index (χ4v) is 0.920. The average Bonchev–Trinajstić information content (AvgIpc) is 2.50. The van der Waals surface area contributed by atoms with Crippen LogP contribution in [0.1, 0.15) is 0 Å². The van der Waals surface area contributed by atoms with Crippen LogP contribution in [-0.4, -0.2) is 26.0 Å². The van der Waals surface area contributed by atoms with E-state index in [4.69, 9.17) is 0 Å². The Hall–Kier alpha value is -1.98. The van der Waals surface area contributed by atoms with Crippen LogP contribution in [0.2, 0.25) is 0 Å². The highest BCUT2D eigenvalue weighted by molar-refractivity contribution is 5.71. The predicted molar refractivity (Wildman–Crippen MR) is 40.7 cm³/mol. The molecule has 60 valence electrons. The Morgan fingerprint density at radius 1 is 1.50 bits per heavy atom. The van der Waals surface area contributed by atoms with Crippen molar-refractivity contribution in [1.82, 2.24) is 19.6 Å². The van der Waals surface area contributed by atoms with Crippen LogP contribution in [-0.2, 0) is 4.79 Å². The molecule has 2 aromatic rings. The monoisotopic (exact) mass is 163 g/mol. The molecule has 0 aliphatic rings. The molecule has 1 amide bonds. The molecule has 0 aliphatic heterocycles. The van der Waals surface area contributed by atoms with Gasteiger partial charge < -0.3 is 0 Å². The molecule has 0 aliphatic carbocycles. The Morgan fingerprint density at radius 2 is 2.42 bits per heavy atom. The van der Waals surface area contributed by atoms with Gasteiger partial charge >= 0.3 is 0 Å². The number of aromatic nitrogens is 4. The van der Waals surface area contributed by atoms with Gasteiger partial charge in [0.1, 0.15) is 18.2 Å². The SMILES string of the molecule is O=CNn1cnc2ncncc21. The second-order valence-corrected chi connectivity index (χ2v) is 2.09. The molecule has 6 nitrogen and oxygen atoms in total. The minimum atomic E-state index is 0.555. The summed E-state index contributed by atoms with van der Waals surface area (Å²) in [6.07, 6.45) is 5.01. The number of hydrogen-bond donors (Lipinski definition) is 1. The molecular weight excluding hydrogens is 158 g/mol. The Bertz CT molecular complexity index is 409. The van der Waals surface area contributed by atoms with Crippen molar-refractivity contribution in [3.05, 3.63) is 18.9 Å². The minimum Gasteiger partial charge on any atom is -0.277 e. The van der Waals surface area contributed by atoms with Gasteiger partial charge in [0.05, 0.1) is 6.20 Å². The molecule has 2 rings (SSSR count). The van der Waals surface area contributed by atoms with E-state index in [0.717, 1.165) is 0 Å². The van der Waals surface area contributed by atoms with Crippen LogP contribution in [0.3, 0.4) is 0 Å². The lowest BCUT2D eigenvalue weighted by Gasteiger charge is -1.97. The molecule has 0 radical (unpaired) electrons. The summed E-state index contributed by atoms with van der Waals surface area (Å²) in [4.78, 5) is 21.7. The largest absolute Gasteiger partial charge is 0.277 e. The van der Waals surface area contributed by atoms with Gasteiger partial charge in [-0.1, -0.05) is 0 Å². The van der Waals surface area contributed by atoms with Crippen LogP contribution < -0.4 is 5.43 Å². The molecule has 1 N–H and O–H groups in total. The Balaban J connectivity index is 2.62. The third kappa shape index (κ3) is 0.895. The van der Waals surface area contributed by atoms with E-state index in [0.29, 0.717) is 17.6 Å². The molecule has 0 spiro atoms. The summed E-state index contributed by atoms with van der Waals surface area (Å²) in [5.74, 6) is 0. The number of fused-ring (bicyclic) bond motifs is 1. The lowest BCUT2D eigenvalue weighted by atomic mass is 10.6. The molecule has 2 heterocycles. The van der Waals surface area contributed by atoms with Gasteiger partial charge in [-0.3, -0.25) is 10.2 Å². The number of amides is 1. The van der Waals surface area contributed by atoms with Crippen molar-refractivity contribution in [2.75, 3.05) is 5.43 Å². The lowest BCUT2D eigenvalue weighted by Crippen LogP contribution is -2.10. The fraction of sp³-hybridized carbons (Fsp3) is 0. The minimum absolute atomic E-state index is 0.555. The number of nitrogens with one attached hydrogen (secondary N) is 1. The number of imidazole rings is 1. The Kier molecular flexibility index (Phi) is 1.44. The zero-order valence-electron chi connectivity index (χ0n) is 6.01. The van der Waals surface area contributed by atoms with Gasteiger partial charge in [0.25, 0.3) is 0 Å². The van der Waals surface area contributed by atoms with Crippen LogP contribution in [0.5, 0.6) is 0 Å². The van der Waals surface area contributed by atoms with Crippen molar-refractivity contribution in [3.8, 4) is 0 Å². The van der Waals surface area contributed by atoms with E-state index in [-0.39, 0.29) is 0 Å². The van der Waals surface area contributed by atoms with E-state index in [1.165, 1.54) is 17.3 Å². The van der Waals surface area contributed by atoms with Gasteiger partial charge in [0.2, 0.25) is 6.41 Å². The highest BCUT2D eigenvalue weighted by atomic mass is 16.1. The number of carbonyl (C=O) groups is 1. The maximum absolute atomic E-state index is 10.1. The van der Waals surface area contributed by atoms with Crippen molar-refractivity contribution in [2.24, 2.45) is 0 Å². The summed E-state index contributed by atoms with van der Waals surface area (Å²) >= 11 is 0. The molecule has 0 saturated heterocycles. The highest BCUT2D eigenvalue weighted by Gasteiger charge is 2.00. The van der Waals surface area contributed by atoms with E-state index in [2.05, 4.69) is 20.4 Å². The van der Waals surface area contributed by atoms with Crippen molar-refractivity contribution in [3.63, 3.8) is 0 Å². The zero-order valence-corrected chi connectivity index (χ0v) is 6.01. The van der Waals surface area contributed by atoms with Crippen molar-refractivity contribution >= 4 is 17.6 Å². The van der Waals surface area contributed by atoms with Gasteiger partial charge in [-0.2, -0.15) is 0 Å². The number of hydrogen-bond acceptors (Lipinski definition) is 4. The summed E-state index contributed by atoms with van der Waals surface area (Å²) in [5.41, 5.74) is 3.65. The van der Waals surface area contributed by atoms with E-state index < -0.39 is 0 Å². The lowest BCUT2D eigenvalue weighted by molar-refractivity contribution is -0.106. The number of nitrogens with zero attached hydrogens (tertiary/aromatic N) is 4. The third-order valence-electron chi connectivity index (χ3n) is 1.42. The molecule has 12 heavy (non-hydrogen) atoms. The van der Waals surface area contributed by atoms with Gasteiger partial charge in [-0.25, -0.2) is 19.6 Å². The van der Waals surface area contributed by atoms with Crippen molar-refractivity contribution in [1.29, 1.82) is 0 Å². The Morgan fingerprint density at radius 3 is 3.25 bits per heavy atom. The summed E-state index contributed by atoms with van der Waals surface area (Å²) in [7, 11) is 0. The first-order valence-corrected chi connectivity index (χ1v) is 3.25. The second kappa shape index (κ2) is 2.57. The molecule has 0 bridgehead atoms. The van der Waals surface area contributed by atoms with Gasteiger partial charge in [0, 0.05) is 0 Å². The number of carbonyl (C=O) groups excluding carboxylic acids is 1. The molecule has 2 aromatic heterocycles. The number of rotatable bonds is 2. The van der Waals surface area contributed by atoms with Gasteiger partial charge in [0.15, 0.2) is 5.65 Å². The first-order chi connectivity index (χ1) is 5.92. The summed E-state index contributed by atoms with van der Waals surface area (Å²) in [6, 6.07) is 0. The zero-order chi connectivity index (χ0) is 8.39. The summed E-state index contributed by atoms with van der Waals surface area (Å²) in [6.45, 7) is 0. The van der Waals surface area contributed by atoms with Crippen LogP contribution in [0.4, 0.5) is 0 Å². The maximum atomic E-state index is 10.1. The first-order valence-electron chi connectivity index (χ1n) is 3.25. The topological polar surface area (TPSA) is 72.7 Å². The molecule has 0 unspecified atom stereocenters. The fourth-order valence-electron chi connectivity index (χ4n) is 0.920. The van der Waals surface area contributed by atoms with Crippen LogP contribution in [0.15, 0.2) is 18.9 Å². The molecule has 0 aromatic carbocycles. The smallest absolute Gasteiger partial charge is 0.226 e. The van der Waals surface area contributed by atoms with Crippen LogP contribution in [0, 0.1) is 0 Å². The molecule has 0 atom stereocenters. The maximum Gasteiger partial charge on any atom is 0.226 e. The first kappa shape index (κ1) is 6.71. The van der Waals surface area contributed by atoms with Crippen LogP contribution >= 0.6 is 0 Å². The standard InChI is InChI=1S/C6H5N5O/c12-4-10-11-3-9-6-5(11)1-7-2-8-6/h1-4H,(H,10,12). The van der Waals surface area contributed by atoms with E-state index in [1.54, 1.807) is 6.20 Å². The molecule has 0 saturated carbocycles. The molecular formula is C6H5N5O. The molecule has 0 fully saturated rings. The van der Waals surface area contributed by atoms with Gasteiger partial charge in [-0.05, 0) is 0 Å². The normalized spacial score (nSPS) is 10.0. The van der Waals surface area contributed by atoms with Gasteiger partial charge in [-0.15, -0.1) is 0 Å². The van der Waals surface area contributed by atoms with E-state index >= 15 is 0 Å². The summed E-state index contributed by atoms with van der Waals surface area (Å²) < 4.78 is 1.45. The van der Waals surface area contributed by atoms with Crippen molar-refractivity contribution < 1.29 is 4.79 Å². The quantitative estimate of drug-likeness (QED) is 0.607. The Labute approximate surface area is 67.2 Å².